The molecule has 0 fully saturated rings. The van der Waals surface area contributed by atoms with Gasteiger partial charge in [-0.2, -0.15) is 11.3 Å². The van der Waals surface area contributed by atoms with Crippen molar-refractivity contribution in [3.8, 4) is 5.75 Å². The molecule has 0 radical (unpaired) electrons. The van der Waals surface area contributed by atoms with Gasteiger partial charge >= 0.3 is 0 Å². The second-order valence-electron chi connectivity index (χ2n) is 4.89. The first-order valence-corrected chi connectivity index (χ1v) is 9.84. The molecule has 7 heteroatoms. The van der Waals surface area contributed by atoms with E-state index in [2.05, 4.69) is 5.32 Å². The molecule has 5 nitrogen and oxygen atoms in total. The van der Waals surface area contributed by atoms with E-state index in [9.17, 15) is 13.2 Å². The highest BCUT2D eigenvalue weighted by Gasteiger charge is 2.04. The lowest BCUT2D eigenvalue weighted by Crippen LogP contribution is -2.12. The van der Waals surface area contributed by atoms with Gasteiger partial charge in [0.2, 0.25) is 5.91 Å². The Labute approximate surface area is 139 Å². The molecule has 0 atom stereocenters. The van der Waals surface area contributed by atoms with Gasteiger partial charge < -0.3 is 10.1 Å². The van der Waals surface area contributed by atoms with Crippen molar-refractivity contribution in [2.24, 2.45) is 0 Å². The van der Waals surface area contributed by atoms with Crippen LogP contribution in [-0.4, -0.2) is 32.9 Å². The van der Waals surface area contributed by atoms with Gasteiger partial charge in [0, 0.05) is 24.1 Å². The smallest absolute Gasteiger partial charge is 0.248 e. The summed E-state index contributed by atoms with van der Waals surface area (Å²) < 4.78 is 27.5. The van der Waals surface area contributed by atoms with Gasteiger partial charge in [-0.15, -0.1) is 0 Å². The molecule has 1 aromatic carbocycles. The van der Waals surface area contributed by atoms with Gasteiger partial charge in [-0.25, -0.2) is 8.42 Å². The summed E-state index contributed by atoms with van der Waals surface area (Å²) in [6.45, 7) is 0.0777. The lowest BCUT2D eigenvalue weighted by atomic mass is 10.3. The second kappa shape index (κ2) is 7.94. The summed E-state index contributed by atoms with van der Waals surface area (Å²) in [6.07, 6.45) is 4.35. The van der Waals surface area contributed by atoms with Crippen molar-refractivity contribution in [2.75, 3.05) is 23.9 Å². The molecule has 1 amide bonds. The van der Waals surface area contributed by atoms with E-state index in [4.69, 9.17) is 4.74 Å². The number of hydrogen-bond donors (Lipinski definition) is 1. The van der Waals surface area contributed by atoms with Crippen molar-refractivity contribution in [1.29, 1.82) is 0 Å². The van der Waals surface area contributed by atoms with Crippen LogP contribution in [0.15, 0.2) is 47.2 Å². The van der Waals surface area contributed by atoms with Gasteiger partial charge in [0.05, 0.1) is 5.75 Å². The standard InChI is InChI=1S/C16H17NO4S2/c1-23(19,20)10-8-21-15-4-2-3-14(11-15)17-16(18)6-5-13-7-9-22-12-13/h2-7,9,11-12H,8,10H2,1H3,(H,17,18)/b6-5+. The maximum absolute atomic E-state index is 11.8. The average Bonchev–Trinajstić information content (AvgIpc) is 2.97. The molecule has 0 spiro atoms. The van der Waals surface area contributed by atoms with Gasteiger partial charge in [0.1, 0.15) is 12.4 Å². The number of nitrogens with one attached hydrogen (secondary N) is 1. The summed E-state index contributed by atoms with van der Waals surface area (Å²) in [4.78, 5) is 11.8. The number of benzene rings is 1. The SMILES string of the molecule is CS(=O)(=O)CCOc1cccc(NC(=O)/C=C/c2ccsc2)c1. The highest BCUT2D eigenvalue weighted by atomic mass is 32.2. The molecule has 0 aliphatic rings. The van der Waals surface area contributed by atoms with Crippen LogP contribution in [0.2, 0.25) is 0 Å². The number of amides is 1. The molecular weight excluding hydrogens is 334 g/mol. The minimum atomic E-state index is -3.06. The molecule has 0 saturated carbocycles. The Bertz CT molecular complexity index is 780. The summed E-state index contributed by atoms with van der Waals surface area (Å²) in [7, 11) is -3.06. The van der Waals surface area contributed by atoms with E-state index >= 15 is 0 Å². The Kier molecular flexibility index (Phi) is 5.95. The van der Waals surface area contributed by atoms with E-state index in [1.165, 1.54) is 6.08 Å². The average molecular weight is 351 g/mol. The van der Waals surface area contributed by atoms with Crippen LogP contribution in [0.4, 0.5) is 5.69 Å². The minimum Gasteiger partial charge on any atom is -0.492 e. The molecule has 1 N–H and O–H groups in total. The van der Waals surface area contributed by atoms with E-state index in [0.717, 1.165) is 11.8 Å². The van der Waals surface area contributed by atoms with Crippen LogP contribution < -0.4 is 10.1 Å². The third-order valence-electron chi connectivity index (χ3n) is 2.79. The van der Waals surface area contributed by atoms with Crippen LogP contribution in [0.25, 0.3) is 6.08 Å². The lowest BCUT2D eigenvalue weighted by molar-refractivity contribution is -0.111. The van der Waals surface area contributed by atoms with Crippen molar-refractivity contribution in [2.45, 2.75) is 0 Å². The van der Waals surface area contributed by atoms with Gasteiger partial charge in [0.15, 0.2) is 9.84 Å². The van der Waals surface area contributed by atoms with Crippen LogP contribution in [-0.2, 0) is 14.6 Å². The lowest BCUT2D eigenvalue weighted by Gasteiger charge is -2.08. The number of carbonyl (C=O) groups excluding carboxylic acids is 1. The maximum Gasteiger partial charge on any atom is 0.248 e. The number of carbonyl (C=O) groups is 1. The predicted octanol–water partition coefficient (Wildman–Crippen LogP) is 2.82. The number of anilines is 1. The fourth-order valence-corrected chi connectivity index (χ4v) is 2.71. The molecular formula is C16H17NO4S2. The molecule has 0 unspecified atom stereocenters. The zero-order valence-corrected chi connectivity index (χ0v) is 14.2. The Balaban J connectivity index is 1.90. The van der Waals surface area contributed by atoms with Crippen molar-refractivity contribution in [3.63, 3.8) is 0 Å². The first-order valence-electron chi connectivity index (χ1n) is 6.84. The summed E-state index contributed by atoms with van der Waals surface area (Å²) in [5.41, 5.74) is 1.56. The van der Waals surface area contributed by atoms with E-state index < -0.39 is 9.84 Å². The third-order valence-corrected chi connectivity index (χ3v) is 4.40. The Morgan fingerprint density at radius 1 is 1.35 bits per heavy atom. The molecule has 122 valence electrons. The summed E-state index contributed by atoms with van der Waals surface area (Å²) in [5.74, 6) is 0.213. The van der Waals surface area contributed by atoms with Gasteiger partial charge in [-0.1, -0.05) is 6.07 Å². The van der Waals surface area contributed by atoms with Crippen LogP contribution in [0, 0.1) is 0 Å². The van der Waals surface area contributed by atoms with Gasteiger partial charge in [-0.3, -0.25) is 4.79 Å². The quantitative estimate of drug-likeness (QED) is 0.779. The highest BCUT2D eigenvalue weighted by molar-refractivity contribution is 7.90. The second-order valence-corrected chi connectivity index (χ2v) is 7.93. The maximum atomic E-state index is 11.8. The first-order chi connectivity index (χ1) is 10.9. The number of ether oxygens (including phenoxy) is 1. The van der Waals surface area contributed by atoms with Crippen LogP contribution in [0.3, 0.4) is 0 Å². The number of hydrogen-bond acceptors (Lipinski definition) is 5. The van der Waals surface area contributed by atoms with E-state index in [1.807, 2.05) is 16.8 Å². The molecule has 0 aliphatic carbocycles. The summed E-state index contributed by atoms with van der Waals surface area (Å²) in [6, 6.07) is 8.75. The van der Waals surface area contributed by atoms with Crippen molar-refractivity contribution in [1.82, 2.24) is 0 Å². The van der Waals surface area contributed by atoms with Crippen LogP contribution in [0.5, 0.6) is 5.75 Å². The first kappa shape index (κ1) is 17.2. The largest absolute Gasteiger partial charge is 0.492 e. The molecule has 0 aliphatic heterocycles. The van der Waals surface area contributed by atoms with Gasteiger partial charge in [-0.05, 0) is 40.6 Å². The van der Waals surface area contributed by atoms with Crippen LogP contribution >= 0.6 is 11.3 Å². The molecule has 0 saturated heterocycles. The Morgan fingerprint density at radius 3 is 2.87 bits per heavy atom. The fraction of sp³-hybridized carbons (Fsp3) is 0.188. The summed E-state index contributed by atoms with van der Waals surface area (Å²) in [5, 5.41) is 6.61. The minimum absolute atomic E-state index is 0.0486. The Morgan fingerprint density at radius 2 is 2.17 bits per heavy atom. The van der Waals surface area contributed by atoms with Crippen molar-refractivity contribution < 1.29 is 17.9 Å². The number of thiophene rings is 1. The normalized spacial score (nSPS) is 11.5. The third kappa shape index (κ3) is 6.66. The zero-order valence-electron chi connectivity index (χ0n) is 12.6. The van der Waals surface area contributed by atoms with Gasteiger partial charge in [0.25, 0.3) is 0 Å². The number of rotatable bonds is 7. The molecule has 0 bridgehead atoms. The summed E-state index contributed by atoms with van der Waals surface area (Å²) >= 11 is 1.56. The predicted molar refractivity (Wildman–Crippen MR) is 93.6 cm³/mol. The molecule has 23 heavy (non-hydrogen) atoms. The molecule has 1 heterocycles. The van der Waals surface area contributed by atoms with Crippen molar-refractivity contribution >= 4 is 38.8 Å². The van der Waals surface area contributed by atoms with E-state index in [1.54, 1.807) is 41.7 Å². The Hall–Kier alpha value is -2.12. The van der Waals surface area contributed by atoms with Crippen molar-refractivity contribution in [3.05, 3.63) is 52.7 Å². The number of sulfone groups is 1. The van der Waals surface area contributed by atoms with Crippen LogP contribution in [0.1, 0.15) is 5.56 Å². The highest BCUT2D eigenvalue weighted by Crippen LogP contribution is 2.17. The fourth-order valence-electron chi connectivity index (χ4n) is 1.70. The zero-order chi connectivity index (χ0) is 16.7. The molecule has 2 rings (SSSR count). The molecule has 2 aromatic rings. The van der Waals surface area contributed by atoms with E-state index in [-0.39, 0.29) is 18.3 Å². The van der Waals surface area contributed by atoms with E-state index in [0.29, 0.717) is 11.4 Å². The monoisotopic (exact) mass is 351 g/mol. The topological polar surface area (TPSA) is 72.5 Å². The molecule has 1 aromatic heterocycles.